The van der Waals surface area contributed by atoms with Gasteiger partial charge >= 0.3 is 0 Å². The molecule has 0 atom stereocenters. The number of allylic oxidation sites excluding steroid dienone is 1. The lowest BCUT2D eigenvalue weighted by molar-refractivity contribution is 0.446. The van der Waals surface area contributed by atoms with E-state index < -0.39 is 10.0 Å². The highest BCUT2D eigenvalue weighted by atomic mass is 32.2. The largest absolute Gasteiger partial charge is 0.269 e. The second-order valence-electron chi connectivity index (χ2n) is 8.27. The number of nitrogens with zero attached hydrogens (tertiary/aromatic N) is 1. The van der Waals surface area contributed by atoms with E-state index in [2.05, 4.69) is 49.9 Å². The van der Waals surface area contributed by atoms with E-state index >= 15 is 0 Å². The van der Waals surface area contributed by atoms with Gasteiger partial charge in [0.2, 0.25) is 0 Å². The topological polar surface area (TPSA) is 37.4 Å². The summed E-state index contributed by atoms with van der Waals surface area (Å²) in [6.07, 6.45) is 5.55. The Morgan fingerprint density at radius 3 is 2.40 bits per heavy atom. The molecule has 3 aromatic rings. The van der Waals surface area contributed by atoms with E-state index in [-0.39, 0.29) is 12.0 Å². The molecule has 0 amide bonds. The second-order valence-corrected chi connectivity index (χ2v) is 10.2. The third kappa shape index (κ3) is 3.97. The van der Waals surface area contributed by atoms with Gasteiger partial charge in [-0.15, -0.1) is 5.73 Å². The van der Waals surface area contributed by atoms with Gasteiger partial charge < -0.3 is 0 Å². The molecule has 0 fully saturated rings. The van der Waals surface area contributed by atoms with Crippen molar-refractivity contribution in [1.82, 2.24) is 4.31 Å². The number of benzene rings is 3. The maximum absolute atomic E-state index is 13.1. The van der Waals surface area contributed by atoms with Gasteiger partial charge in [-0.05, 0) is 47.5 Å². The minimum absolute atomic E-state index is 0.271. The van der Waals surface area contributed by atoms with Crippen molar-refractivity contribution in [3.05, 3.63) is 101 Å². The van der Waals surface area contributed by atoms with Gasteiger partial charge in [0.05, 0.1) is 11.4 Å². The third-order valence-electron chi connectivity index (χ3n) is 5.56. The molecular weight excluding hydrogens is 390 g/mol. The summed E-state index contributed by atoms with van der Waals surface area (Å²) in [5, 5.41) is 2.36. The van der Waals surface area contributed by atoms with E-state index in [4.69, 9.17) is 0 Å². The van der Waals surface area contributed by atoms with Crippen LogP contribution in [0.25, 0.3) is 16.8 Å². The van der Waals surface area contributed by atoms with Gasteiger partial charge in [-0.3, -0.25) is 4.31 Å². The number of aryl methyl sites for hydroxylation is 1. The molecule has 0 aromatic heterocycles. The van der Waals surface area contributed by atoms with E-state index in [9.17, 15) is 8.42 Å². The molecule has 3 nitrogen and oxygen atoms in total. The first-order valence-electron chi connectivity index (χ1n) is 9.98. The van der Waals surface area contributed by atoms with E-state index in [1.165, 1.54) is 15.1 Å². The van der Waals surface area contributed by atoms with Gasteiger partial charge in [0.1, 0.15) is 0 Å². The zero-order valence-corrected chi connectivity index (χ0v) is 18.3. The van der Waals surface area contributed by atoms with Crippen LogP contribution in [0.1, 0.15) is 25.0 Å². The van der Waals surface area contributed by atoms with Gasteiger partial charge in [-0.25, -0.2) is 8.42 Å². The molecule has 0 saturated carbocycles. The highest BCUT2D eigenvalue weighted by molar-refractivity contribution is 7.89. The Balaban J connectivity index is 1.69. The summed E-state index contributed by atoms with van der Waals surface area (Å²) in [5.74, 6) is 0. The van der Waals surface area contributed by atoms with Crippen molar-refractivity contribution in [1.29, 1.82) is 0 Å². The van der Waals surface area contributed by atoms with Crippen LogP contribution in [0, 0.1) is 12.3 Å². The van der Waals surface area contributed by atoms with Crippen molar-refractivity contribution in [3.8, 4) is 0 Å². The molecule has 1 aliphatic heterocycles. The van der Waals surface area contributed by atoms with Crippen LogP contribution in [0.5, 0.6) is 0 Å². The fraction of sp³-hybridized carbons (Fsp3) is 0.192. The van der Waals surface area contributed by atoms with Gasteiger partial charge in [0, 0.05) is 17.2 Å². The van der Waals surface area contributed by atoms with Gasteiger partial charge in [0.25, 0.3) is 10.0 Å². The molecule has 1 aliphatic rings. The Morgan fingerprint density at radius 2 is 1.67 bits per heavy atom. The smallest absolute Gasteiger partial charge is 0.264 e. The molecule has 152 valence electrons. The lowest BCUT2D eigenvalue weighted by Gasteiger charge is -2.33. The summed E-state index contributed by atoms with van der Waals surface area (Å²) in [6, 6.07) is 21.5. The minimum Gasteiger partial charge on any atom is -0.269 e. The number of sulfonamides is 1. The lowest BCUT2D eigenvalue weighted by atomic mass is 9.83. The van der Waals surface area contributed by atoms with E-state index in [1.807, 2.05) is 43.3 Å². The normalized spacial score (nSPS) is 15.8. The Labute approximate surface area is 178 Å². The molecule has 0 spiro atoms. The third-order valence-corrected chi connectivity index (χ3v) is 7.30. The zero-order chi connectivity index (χ0) is 21.4. The van der Waals surface area contributed by atoms with Crippen molar-refractivity contribution in [2.45, 2.75) is 25.7 Å². The zero-order valence-electron chi connectivity index (χ0n) is 17.5. The van der Waals surface area contributed by atoms with Crippen LogP contribution in [-0.4, -0.2) is 19.3 Å². The average Bonchev–Trinajstić information content (AvgIpc) is 2.72. The SMILES string of the molecule is Cc1ccc(S(=O)(=O)N2C=CC(C)(C)C(=C=Cc3ccc4ccccc4c3)C2)cc1. The van der Waals surface area contributed by atoms with Crippen LogP contribution in [0.3, 0.4) is 0 Å². The molecule has 0 bridgehead atoms. The highest BCUT2D eigenvalue weighted by Gasteiger charge is 2.31. The van der Waals surface area contributed by atoms with Crippen LogP contribution < -0.4 is 0 Å². The van der Waals surface area contributed by atoms with Gasteiger partial charge in [-0.1, -0.05) is 74.0 Å². The number of fused-ring (bicyclic) bond motifs is 1. The number of rotatable bonds is 3. The Hall–Kier alpha value is -3.07. The van der Waals surface area contributed by atoms with Crippen molar-refractivity contribution in [2.75, 3.05) is 6.54 Å². The molecule has 0 radical (unpaired) electrons. The van der Waals surface area contributed by atoms with E-state index in [1.54, 1.807) is 18.3 Å². The van der Waals surface area contributed by atoms with Crippen molar-refractivity contribution < 1.29 is 8.42 Å². The monoisotopic (exact) mass is 415 g/mol. The molecule has 0 unspecified atom stereocenters. The van der Waals surface area contributed by atoms with Crippen molar-refractivity contribution in [2.24, 2.45) is 5.41 Å². The van der Waals surface area contributed by atoms with E-state index in [0.717, 1.165) is 16.7 Å². The summed E-state index contributed by atoms with van der Waals surface area (Å²) in [5.41, 5.74) is 6.12. The van der Waals surface area contributed by atoms with Crippen LogP contribution in [-0.2, 0) is 10.0 Å². The number of hydrogen-bond acceptors (Lipinski definition) is 2. The maximum atomic E-state index is 13.1. The average molecular weight is 416 g/mol. The summed E-state index contributed by atoms with van der Waals surface area (Å²) >= 11 is 0. The van der Waals surface area contributed by atoms with Gasteiger partial charge in [-0.2, -0.15) is 0 Å². The number of hydrogen-bond donors (Lipinski definition) is 0. The molecule has 3 aromatic carbocycles. The van der Waals surface area contributed by atoms with Gasteiger partial charge in [0.15, 0.2) is 0 Å². The summed E-state index contributed by atoms with van der Waals surface area (Å²) in [7, 11) is -3.60. The molecule has 1 heterocycles. The molecule has 30 heavy (non-hydrogen) atoms. The summed E-state index contributed by atoms with van der Waals surface area (Å²) in [6.45, 7) is 6.38. The molecule has 4 heteroatoms. The molecule has 0 aliphatic carbocycles. The second kappa shape index (κ2) is 7.64. The van der Waals surface area contributed by atoms with Crippen LogP contribution in [0.2, 0.25) is 0 Å². The first-order valence-corrected chi connectivity index (χ1v) is 11.4. The standard InChI is InChI=1S/C26H25NO2S/c1-20-8-14-25(15-9-20)30(28,29)27-17-16-26(2,3)24(19-27)13-11-21-10-12-22-6-4-5-7-23(22)18-21/h4-12,14-18H,19H2,1-3H3. The van der Waals surface area contributed by atoms with Crippen LogP contribution >= 0.6 is 0 Å². The van der Waals surface area contributed by atoms with Crippen molar-refractivity contribution >= 4 is 26.9 Å². The Kier molecular flexibility index (Phi) is 5.15. The van der Waals surface area contributed by atoms with E-state index in [0.29, 0.717) is 4.90 Å². The summed E-state index contributed by atoms with van der Waals surface area (Å²) < 4.78 is 27.6. The predicted octanol–water partition coefficient (Wildman–Crippen LogP) is 5.93. The molecule has 4 rings (SSSR count). The fourth-order valence-electron chi connectivity index (χ4n) is 3.49. The molecule has 0 saturated heterocycles. The highest BCUT2D eigenvalue weighted by Crippen LogP contribution is 2.34. The Bertz CT molecular complexity index is 1290. The molecular formula is C26H25NO2S. The Morgan fingerprint density at radius 1 is 0.967 bits per heavy atom. The lowest BCUT2D eigenvalue weighted by Crippen LogP contribution is -2.35. The van der Waals surface area contributed by atoms with Crippen LogP contribution in [0.15, 0.2) is 95.2 Å². The molecule has 0 N–H and O–H groups in total. The quantitative estimate of drug-likeness (QED) is 0.497. The first-order chi connectivity index (χ1) is 14.3. The minimum atomic E-state index is -3.60. The van der Waals surface area contributed by atoms with Crippen molar-refractivity contribution in [3.63, 3.8) is 0 Å². The van der Waals surface area contributed by atoms with Crippen LogP contribution in [0.4, 0.5) is 0 Å². The first kappa shape index (κ1) is 20.2. The summed E-state index contributed by atoms with van der Waals surface area (Å²) in [4.78, 5) is 0.301. The fourth-order valence-corrected chi connectivity index (χ4v) is 4.76. The maximum Gasteiger partial charge on any atom is 0.264 e. The predicted molar refractivity (Wildman–Crippen MR) is 123 cm³/mol.